The Morgan fingerprint density at radius 3 is 2.74 bits per heavy atom. The number of carbonyl (C=O) groups is 1. The van der Waals surface area contributed by atoms with Crippen LogP contribution >= 0.6 is 0 Å². The lowest BCUT2D eigenvalue weighted by molar-refractivity contribution is 0.0910. The van der Waals surface area contributed by atoms with Gasteiger partial charge in [0.25, 0.3) is 5.91 Å². The molecule has 0 radical (unpaired) electrons. The molecule has 2 atom stereocenters. The van der Waals surface area contributed by atoms with E-state index in [-0.39, 0.29) is 5.91 Å². The number of nitrogens with one attached hydrogen (secondary N) is 1. The summed E-state index contributed by atoms with van der Waals surface area (Å²) in [4.78, 5) is 12.3. The van der Waals surface area contributed by atoms with Gasteiger partial charge in [0.2, 0.25) is 0 Å². The Balaban J connectivity index is 2.07. The summed E-state index contributed by atoms with van der Waals surface area (Å²) in [6, 6.07) is 5.92. The molecule has 0 unspecified atom stereocenters. The van der Waals surface area contributed by atoms with Crippen molar-refractivity contribution in [3.8, 4) is 5.75 Å². The third-order valence-electron chi connectivity index (χ3n) is 4.10. The number of carbonyl (C=O) groups excluding carboxylic acids is 1. The molecule has 1 aliphatic carbocycles. The molecule has 2 rings (SSSR count). The monoisotopic (exact) mass is 261 g/mol. The lowest BCUT2D eigenvalue weighted by Crippen LogP contribution is -2.41. The van der Waals surface area contributed by atoms with E-state index in [1.807, 2.05) is 25.1 Å². The molecule has 0 spiro atoms. The first-order valence-electron chi connectivity index (χ1n) is 7.07. The standard InChI is InChI=1S/C16H23NO2/c1-11-6-4-5-7-14(11)17-16(18)13-9-8-12(2)15(10-13)19-3/h8-11,14H,4-7H2,1-3H3,(H,17,18)/t11-,14-/m1/s1. The first-order valence-corrected chi connectivity index (χ1v) is 7.07. The Morgan fingerprint density at radius 2 is 2.05 bits per heavy atom. The summed E-state index contributed by atoms with van der Waals surface area (Å²) in [5.41, 5.74) is 1.73. The van der Waals surface area contributed by atoms with E-state index in [0.29, 0.717) is 17.5 Å². The van der Waals surface area contributed by atoms with Crippen LogP contribution in [0.15, 0.2) is 18.2 Å². The Hall–Kier alpha value is -1.51. The first kappa shape index (κ1) is 13.9. The predicted octanol–water partition coefficient (Wildman–Crippen LogP) is 3.31. The average molecular weight is 261 g/mol. The minimum atomic E-state index is 0.0112. The van der Waals surface area contributed by atoms with Crippen molar-refractivity contribution in [2.45, 2.75) is 45.6 Å². The summed E-state index contributed by atoms with van der Waals surface area (Å²) in [6.45, 7) is 4.20. The van der Waals surface area contributed by atoms with Crippen LogP contribution in [0.1, 0.15) is 48.5 Å². The fourth-order valence-electron chi connectivity index (χ4n) is 2.74. The molecular formula is C16H23NO2. The lowest BCUT2D eigenvalue weighted by atomic mass is 9.86. The van der Waals surface area contributed by atoms with E-state index in [1.54, 1.807) is 7.11 Å². The minimum absolute atomic E-state index is 0.0112. The van der Waals surface area contributed by atoms with Gasteiger partial charge in [-0.3, -0.25) is 4.79 Å². The second kappa shape index (κ2) is 6.09. The van der Waals surface area contributed by atoms with Crippen LogP contribution in [0.3, 0.4) is 0 Å². The maximum atomic E-state index is 12.3. The predicted molar refractivity (Wildman–Crippen MR) is 76.6 cm³/mol. The molecule has 1 aromatic rings. The van der Waals surface area contributed by atoms with Gasteiger partial charge in [0.1, 0.15) is 5.75 Å². The van der Waals surface area contributed by atoms with Crippen molar-refractivity contribution in [2.75, 3.05) is 7.11 Å². The Labute approximate surface area is 115 Å². The normalized spacial score (nSPS) is 22.9. The fourth-order valence-corrected chi connectivity index (χ4v) is 2.74. The zero-order valence-corrected chi connectivity index (χ0v) is 12.0. The van der Waals surface area contributed by atoms with Gasteiger partial charge in [0.15, 0.2) is 0 Å². The molecule has 1 aromatic carbocycles. The van der Waals surface area contributed by atoms with Crippen molar-refractivity contribution < 1.29 is 9.53 Å². The zero-order chi connectivity index (χ0) is 13.8. The molecule has 0 aliphatic heterocycles. The van der Waals surface area contributed by atoms with Crippen molar-refractivity contribution in [2.24, 2.45) is 5.92 Å². The molecule has 1 saturated carbocycles. The number of ether oxygens (including phenoxy) is 1. The number of hydrogen-bond donors (Lipinski definition) is 1. The van der Waals surface area contributed by atoms with E-state index in [0.717, 1.165) is 17.7 Å². The molecule has 104 valence electrons. The van der Waals surface area contributed by atoms with Gasteiger partial charge in [-0.15, -0.1) is 0 Å². The highest BCUT2D eigenvalue weighted by molar-refractivity contribution is 5.94. The van der Waals surface area contributed by atoms with Gasteiger partial charge in [-0.1, -0.05) is 25.8 Å². The average Bonchev–Trinajstić information content (AvgIpc) is 2.42. The van der Waals surface area contributed by atoms with E-state index in [9.17, 15) is 4.79 Å². The topological polar surface area (TPSA) is 38.3 Å². The van der Waals surface area contributed by atoms with E-state index < -0.39 is 0 Å². The van der Waals surface area contributed by atoms with Gasteiger partial charge < -0.3 is 10.1 Å². The van der Waals surface area contributed by atoms with E-state index >= 15 is 0 Å². The zero-order valence-electron chi connectivity index (χ0n) is 12.0. The second-order valence-corrected chi connectivity index (χ2v) is 5.53. The van der Waals surface area contributed by atoms with E-state index in [1.165, 1.54) is 19.3 Å². The third-order valence-corrected chi connectivity index (χ3v) is 4.10. The van der Waals surface area contributed by atoms with Gasteiger partial charge in [-0.2, -0.15) is 0 Å². The van der Waals surface area contributed by atoms with Crippen LogP contribution in [-0.2, 0) is 0 Å². The smallest absolute Gasteiger partial charge is 0.251 e. The molecule has 1 amide bonds. The Morgan fingerprint density at radius 1 is 1.32 bits per heavy atom. The minimum Gasteiger partial charge on any atom is -0.496 e. The van der Waals surface area contributed by atoms with Crippen LogP contribution < -0.4 is 10.1 Å². The van der Waals surface area contributed by atoms with Crippen molar-refractivity contribution in [1.82, 2.24) is 5.32 Å². The molecule has 0 bridgehead atoms. The highest BCUT2D eigenvalue weighted by Crippen LogP contribution is 2.24. The van der Waals surface area contributed by atoms with Crippen LogP contribution in [0.4, 0.5) is 0 Å². The molecule has 0 aromatic heterocycles. The molecule has 1 N–H and O–H groups in total. The summed E-state index contributed by atoms with van der Waals surface area (Å²) >= 11 is 0. The van der Waals surface area contributed by atoms with E-state index in [4.69, 9.17) is 4.74 Å². The van der Waals surface area contributed by atoms with Gasteiger partial charge >= 0.3 is 0 Å². The summed E-state index contributed by atoms with van der Waals surface area (Å²) in [5.74, 6) is 1.35. The largest absolute Gasteiger partial charge is 0.496 e. The third kappa shape index (κ3) is 3.28. The van der Waals surface area contributed by atoms with Gasteiger partial charge in [0.05, 0.1) is 7.11 Å². The number of rotatable bonds is 3. The number of aryl methyl sites for hydroxylation is 1. The maximum Gasteiger partial charge on any atom is 0.251 e. The molecule has 19 heavy (non-hydrogen) atoms. The van der Waals surface area contributed by atoms with Crippen molar-refractivity contribution >= 4 is 5.91 Å². The van der Waals surface area contributed by atoms with Crippen LogP contribution in [0.25, 0.3) is 0 Å². The molecule has 3 nitrogen and oxygen atoms in total. The van der Waals surface area contributed by atoms with Crippen molar-refractivity contribution in [1.29, 1.82) is 0 Å². The van der Waals surface area contributed by atoms with Crippen LogP contribution in [-0.4, -0.2) is 19.1 Å². The summed E-state index contributed by atoms with van der Waals surface area (Å²) in [6.07, 6.45) is 4.80. The number of hydrogen-bond acceptors (Lipinski definition) is 2. The second-order valence-electron chi connectivity index (χ2n) is 5.53. The summed E-state index contributed by atoms with van der Waals surface area (Å²) < 4.78 is 5.27. The first-order chi connectivity index (χ1) is 9.11. The van der Waals surface area contributed by atoms with Crippen molar-refractivity contribution in [3.63, 3.8) is 0 Å². The molecule has 1 aliphatic rings. The molecule has 0 saturated heterocycles. The highest BCUT2D eigenvalue weighted by Gasteiger charge is 2.23. The number of methoxy groups -OCH3 is 1. The molecule has 1 fully saturated rings. The highest BCUT2D eigenvalue weighted by atomic mass is 16.5. The molecule has 3 heteroatoms. The summed E-state index contributed by atoms with van der Waals surface area (Å²) in [5, 5.41) is 3.16. The van der Waals surface area contributed by atoms with Crippen molar-refractivity contribution in [3.05, 3.63) is 29.3 Å². The SMILES string of the molecule is COc1cc(C(=O)N[C@@H]2CCCC[C@H]2C)ccc1C. The van der Waals surface area contributed by atoms with Gasteiger partial charge in [-0.05, 0) is 43.4 Å². The number of benzene rings is 1. The maximum absolute atomic E-state index is 12.3. The van der Waals surface area contributed by atoms with E-state index in [2.05, 4.69) is 12.2 Å². The van der Waals surface area contributed by atoms with Gasteiger partial charge in [-0.25, -0.2) is 0 Å². The van der Waals surface area contributed by atoms with Gasteiger partial charge in [0, 0.05) is 11.6 Å². The number of amides is 1. The lowest BCUT2D eigenvalue weighted by Gasteiger charge is -2.29. The molecule has 0 heterocycles. The summed E-state index contributed by atoms with van der Waals surface area (Å²) in [7, 11) is 1.63. The quantitative estimate of drug-likeness (QED) is 0.906. The Kier molecular flexibility index (Phi) is 4.46. The molecular weight excluding hydrogens is 238 g/mol. The van der Waals surface area contributed by atoms with Crippen LogP contribution in [0, 0.1) is 12.8 Å². The fraction of sp³-hybridized carbons (Fsp3) is 0.562. The van der Waals surface area contributed by atoms with Crippen LogP contribution in [0.5, 0.6) is 5.75 Å². The Bertz CT molecular complexity index is 456. The van der Waals surface area contributed by atoms with Crippen LogP contribution in [0.2, 0.25) is 0 Å².